The van der Waals surface area contributed by atoms with Gasteiger partial charge in [-0.05, 0) is 37.0 Å². The molecule has 0 saturated carbocycles. The molecule has 1 aromatic rings. The molecule has 4 rings (SSSR count). The smallest absolute Gasteiger partial charge is 0.334 e. The van der Waals surface area contributed by atoms with Gasteiger partial charge in [-0.15, -0.1) is 0 Å². The van der Waals surface area contributed by atoms with Crippen molar-refractivity contribution in [1.82, 2.24) is 14.7 Å². The van der Waals surface area contributed by atoms with Crippen molar-refractivity contribution in [2.75, 3.05) is 32.8 Å². The standard InChI is InChI=1S/C21H25N3O6/c1-2-8-23-19(26)20(27)24(21(23)28)13-18(25)22-9-3-5-15(22)14-6-7-16-17(12-14)30-11-4-10-29-16/h6-7,12,15H,2-5,8-11,13H2,1H3/t15-/m0/s1. The zero-order valence-electron chi connectivity index (χ0n) is 17.0. The number of urea groups is 1. The van der Waals surface area contributed by atoms with Crippen LogP contribution in [0.4, 0.5) is 4.79 Å². The molecule has 9 nitrogen and oxygen atoms in total. The predicted molar refractivity (Wildman–Crippen MR) is 105 cm³/mol. The maximum Gasteiger partial charge on any atom is 0.334 e. The second-order valence-corrected chi connectivity index (χ2v) is 7.63. The zero-order chi connectivity index (χ0) is 21.3. The summed E-state index contributed by atoms with van der Waals surface area (Å²) in [4.78, 5) is 53.0. The Balaban J connectivity index is 1.49. The summed E-state index contributed by atoms with van der Waals surface area (Å²) in [6.07, 6.45) is 2.94. The third-order valence-corrected chi connectivity index (χ3v) is 5.61. The van der Waals surface area contributed by atoms with Crippen molar-refractivity contribution < 1.29 is 28.7 Å². The van der Waals surface area contributed by atoms with E-state index in [0.717, 1.165) is 34.6 Å². The number of benzene rings is 1. The maximum absolute atomic E-state index is 13.0. The van der Waals surface area contributed by atoms with Gasteiger partial charge in [-0.25, -0.2) is 9.69 Å². The summed E-state index contributed by atoms with van der Waals surface area (Å²) in [7, 11) is 0. The van der Waals surface area contributed by atoms with Crippen LogP contribution in [-0.2, 0) is 14.4 Å². The molecule has 0 unspecified atom stereocenters. The van der Waals surface area contributed by atoms with Crippen LogP contribution in [0.1, 0.15) is 44.2 Å². The molecule has 3 aliphatic heterocycles. The summed E-state index contributed by atoms with van der Waals surface area (Å²) < 4.78 is 11.4. The van der Waals surface area contributed by atoms with Crippen molar-refractivity contribution in [2.45, 2.75) is 38.6 Å². The second kappa shape index (κ2) is 8.33. The minimum absolute atomic E-state index is 0.164. The number of carbonyl (C=O) groups is 4. The Morgan fingerprint density at radius 3 is 2.53 bits per heavy atom. The van der Waals surface area contributed by atoms with Gasteiger partial charge in [-0.2, -0.15) is 0 Å². The normalized spacial score (nSPS) is 21.4. The lowest BCUT2D eigenvalue weighted by Gasteiger charge is -2.27. The lowest BCUT2D eigenvalue weighted by Crippen LogP contribution is -2.43. The summed E-state index contributed by atoms with van der Waals surface area (Å²) in [6, 6.07) is 4.78. The minimum atomic E-state index is -0.937. The number of fused-ring (bicyclic) bond motifs is 1. The molecule has 2 fully saturated rings. The van der Waals surface area contributed by atoms with E-state index in [1.54, 1.807) is 4.90 Å². The third-order valence-electron chi connectivity index (χ3n) is 5.61. The Bertz CT molecular complexity index is 885. The lowest BCUT2D eigenvalue weighted by atomic mass is 10.0. The molecule has 0 bridgehead atoms. The lowest BCUT2D eigenvalue weighted by molar-refractivity contribution is -0.145. The van der Waals surface area contributed by atoms with Crippen LogP contribution >= 0.6 is 0 Å². The molecular formula is C21H25N3O6. The van der Waals surface area contributed by atoms with Gasteiger partial charge < -0.3 is 14.4 Å². The highest BCUT2D eigenvalue weighted by Gasteiger charge is 2.45. The Hall–Kier alpha value is -3.10. The molecule has 1 atom stereocenters. The van der Waals surface area contributed by atoms with Crippen molar-refractivity contribution in [1.29, 1.82) is 0 Å². The number of nitrogens with zero attached hydrogens (tertiary/aromatic N) is 3. The maximum atomic E-state index is 13.0. The molecule has 3 aliphatic rings. The first kappa shape index (κ1) is 20.2. The zero-order valence-corrected chi connectivity index (χ0v) is 17.0. The Morgan fingerprint density at radius 2 is 1.77 bits per heavy atom. The molecule has 0 aliphatic carbocycles. The monoisotopic (exact) mass is 415 g/mol. The van der Waals surface area contributed by atoms with Crippen molar-refractivity contribution in [3.8, 4) is 11.5 Å². The van der Waals surface area contributed by atoms with E-state index < -0.39 is 24.4 Å². The molecule has 160 valence electrons. The Kier molecular flexibility index (Phi) is 5.61. The van der Waals surface area contributed by atoms with Gasteiger partial charge in [0.25, 0.3) is 0 Å². The fourth-order valence-electron chi connectivity index (χ4n) is 4.14. The van der Waals surface area contributed by atoms with Crippen LogP contribution in [0.2, 0.25) is 0 Å². The number of amides is 5. The highest BCUT2D eigenvalue weighted by Crippen LogP contribution is 2.38. The molecule has 0 aromatic heterocycles. The Morgan fingerprint density at radius 1 is 1.03 bits per heavy atom. The van der Waals surface area contributed by atoms with Crippen molar-refractivity contribution in [3.63, 3.8) is 0 Å². The van der Waals surface area contributed by atoms with Crippen molar-refractivity contribution >= 4 is 23.8 Å². The van der Waals surface area contributed by atoms with E-state index >= 15 is 0 Å². The number of likely N-dealkylation sites (tertiary alicyclic amines) is 1. The van der Waals surface area contributed by atoms with Gasteiger partial charge in [0, 0.05) is 19.5 Å². The first-order chi connectivity index (χ1) is 14.5. The number of hydrogen-bond acceptors (Lipinski definition) is 6. The van der Waals surface area contributed by atoms with Gasteiger partial charge in [-0.3, -0.25) is 19.3 Å². The highest BCUT2D eigenvalue weighted by molar-refractivity contribution is 6.45. The van der Waals surface area contributed by atoms with Crippen molar-refractivity contribution in [2.24, 2.45) is 0 Å². The van der Waals surface area contributed by atoms with Gasteiger partial charge in [0.2, 0.25) is 5.91 Å². The van der Waals surface area contributed by atoms with Gasteiger partial charge in [0.1, 0.15) is 6.54 Å². The van der Waals surface area contributed by atoms with Crippen LogP contribution in [0.3, 0.4) is 0 Å². The fourth-order valence-corrected chi connectivity index (χ4v) is 4.14. The van der Waals surface area contributed by atoms with E-state index in [1.165, 1.54) is 0 Å². The van der Waals surface area contributed by atoms with Crippen LogP contribution in [0.15, 0.2) is 18.2 Å². The molecule has 5 amide bonds. The number of carbonyl (C=O) groups excluding carboxylic acids is 4. The van der Waals surface area contributed by atoms with Crippen LogP contribution in [-0.4, -0.2) is 71.3 Å². The molecule has 0 radical (unpaired) electrons. The SMILES string of the molecule is CCCN1C(=O)C(=O)N(CC(=O)N2CCC[C@H]2c2ccc3c(c2)OCCCO3)C1=O. The van der Waals surface area contributed by atoms with Crippen LogP contribution in [0.5, 0.6) is 11.5 Å². The number of imide groups is 2. The molecule has 1 aromatic carbocycles. The molecule has 3 heterocycles. The van der Waals surface area contributed by atoms with Crippen molar-refractivity contribution in [3.05, 3.63) is 23.8 Å². The first-order valence-corrected chi connectivity index (χ1v) is 10.4. The van der Waals surface area contributed by atoms with E-state index in [0.29, 0.717) is 37.7 Å². The molecule has 30 heavy (non-hydrogen) atoms. The number of hydrogen-bond donors (Lipinski definition) is 0. The summed E-state index contributed by atoms with van der Waals surface area (Å²) in [5, 5.41) is 0. The van der Waals surface area contributed by atoms with E-state index in [-0.39, 0.29) is 18.5 Å². The molecular weight excluding hydrogens is 390 g/mol. The van der Waals surface area contributed by atoms with Crippen LogP contribution in [0.25, 0.3) is 0 Å². The van der Waals surface area contributed by atoms with Gasteiger partial charge in [0.05, 0.1) is 19.3 Å². The third kappa shape index (κ3) is 3.59. The molecule has 9 heteroatoms. The Labute approximate surface area is 174 Å². The quantitative estimate of drug-likeness (QED) is 0.537. The minimum Gasteiger partial charge on any atom is -0.490 e. The van der Waals surface area contributed by atoms with E-state index in [9.17, 15) is 19.2 Å². The van der Waals surface area contributed by atoms with E-state index in [2.05, 4.69) is 0 Å². The average Bonchev–Trinajstić information content (AvgIpc) is 3.21. The fraction of sp³-hybridized carbons (Fsp3) is 0.524. The molecule has 2 saturated heterocycles. The summed E-state index contributed by atoms with van der Waals surface area (Å²) in [6.45, 7) is 3.25. The largest absolute Gasteiger partial charge is 0.490 e. The molecule has 0 spiro atoms. The average molecular weight is 415 g/mol. The van der Waals surface area contributed by atoms with Gasteiger partial charge >= 0.3 is 17.8 Å². The topological polar surface area (TPSA) is 96.5 Å². The van der Waals surface area contributed by atoms with Crippen LogP contribution < -0.4 is 9.47 Å². The molecule has 0 N–H and O–H groups in total. The van der Waals surface area contributed by atoms with Crippen LogP contribution in [0, 0.1) is 0 Å². The first-order valence-electron chi connectivity index (χ1n) is 10.4. The van der Waals surface area contributed by atoms with Gasteiger partial charge in [0.15, 0.2) is 11.5 Å². The predicted octanol–water partition coefficient (Wildman–Crippen LogP) is 1.71. The summed E-state index contributed by atoms with van der Waals surface area (Å²) in [5.41, 5.74) is 0.924. The van der Waals surface area contributed by atoms with E-state index in [4.69, 9.17) is 9.47 Å². The summed E-state index contributed by atoms with van der Waals surface area (Å²) >= 11 is 0. The highest BCUT2D eigenvalue weighted by atomic mass is 16.5. The number of rotatable bonds is 5. The van der Waals surface area contributed by atoms with Gasteiger partial charge in [-0.1, -0.05) is 13.0 Å². The summed E-state index contributed by atoms with van der Waals surface area (Å²) in [5.74, 6) is -0.800. The second-order valence-electron chi connectivity index (χ2n) is 7.63. The van der Waals surface area contributed by atoms with E-state index in [1.807, 2.05) is 25.1 Å². The number of ether oxygens (including phenoxy) is 2.